The summed E-state index contributed by atoms with van der Waals surface area (Å²) < 4.78 is 0. The van der Waals surface area contributed by atoms with Crippen molar-refractivity contribution in [2.75, 3.05) is 0 Å². The first-order chi connectivity index (χ1) is 5.38. The van der Waals surface area contributed by atoms with E-state index in [1.54, 1.807) is 12.4 Å². The van der Waals surface area contributed by atoms with Crippen molar-refractivity contribution in [1.29, 1.82) is 0 Å². The summed E-state index contributed by atoms with van der Waals surface area (Å²) in [7, 11) is 0. The minimum Gasteiger partial charge on any atom is -0.405 e. The molecule has 1 rings (SSSR count). The van der Waals surface area contributed by atoms with Gasteiger partial charge in [0.1, 0.15) is 0 Å². The third-order valence-electron chi connectivity index (χ3n) is 1.62. The molecule has 1 atom stereocenters. The average molecular weight is 151 g/mol. The Morgan fingerprint density at radius 3 is 3.27 bits per heavy atom. The van der Waals surface area contributed by atoms with E-state index in [9.17, 15) is 0 Å². The molecule has 1 unspecified atom stereocenters. The molecule has 1 heterocycles. The molecule has 3 heteroatoms. The summed E-state index contributed by atoms with van der Waals surface area (Å²) in [5, 5.41) is 3.06. The van der Waals surface area contributed by atoms with E-state index in [2.05, 4.69) is 17.2 Å². The van der Waals surface area contributed by atoms with E-state index in [1.807, 2.05) is 6.08 Å². The van der Waals surface area contributed by atoms with Gasteiger partial charge in [-0.15, -0.1) is 0 Å². The molecule has 0 amide bonds. The Kier molecular flexibility index (Phi) is 2.72. The van der Waals surface area contributed by atoms with Crippen molar-refractivity contribution in [2.24, 2.45) is 10.7 Å². The summed E-state index contributed by atoms with van der Waals surface area (Å²) in [4.78, 5) is 4.21. The number of allylic oxidation sites excluding steroid dienone is 2. The zero-order chi connectivity index (χ0) is 8.10. The lowest BCUT2D eigenvalue weighted by atomic mass is 10.2. The van der Waals surface area contributed by atoms with Gasteiger partial charge in [-0.1, -0.05) is 6.92 Å². The number of nitrogens with zero attached hydrogens (tertiary/aromatic N) is 1. The van der Waals surface area contributed by atoms with Gasteiger partial charge >= 0.3 is 0 Å². The molecule has 1 aliphatic rings. The minimum absolute atomic E-state index is 0.297. The number of nitrogens with one attached hydrogen (secondary N) is 1. The molecule has 0 radical (unpaired) electrons. The highest BCUT2D eigenvalue weighted by molar-refractivity contribution is 5.62. The van der Waals surface area contributed by atoms with Gasteiger partial charge in [0.15, 0.2) is 0 Å². The Hall–Kier alpha value is -1.25. The molecule has 60 valence electrons. The SMILES string of the molecule is CCC1N=CN/C1=C/C=C\N. The maximum absolute atomic E-state index is 5.20. The molecule has 0 spiro atoms. The zero-order valence-electron chi connectivity index (χ0n) is 6.62. The van der Waals surface area contributed by atoms with Crippen LogP contribution in [0.1, 0.15) is 13.3 Å². The van der Waals surface area contributed by atoms with Crippen molar-refractivity contribution in [3.63, 3.8) is 0 Å². The average Bonchev–Trinajstić information content (AvgIpc) is 2.47. The van der Waals surface area contributed by atoms with E-state index in [1.165, 1.54) is 6.20 Å². The monoisotopic (exact) mass is 151 g/mol. The highest BCUT2D eigenvalue weighted by atomic mass is 15.1. The van der Waals surface area contributed by atoms with Crippen LogP contribution in [0.15, 0.2) is 29.0 Å². The van der Waals surface area contributed by atoms with Gasteiger partial charge < -0.3 is 11.1 Å². The first kappa shape index (κ1) is 7.85. The van der Waals surface area contributed by atoms with Crippen LogP contribution in [0.2, 0.25) is 0 Å². The number of aliphatic imine (C=N–C) groups is 1. The van der Waals surface area contributed by atoms with Gasteiger partial charge in [0.05, 0.1) is 12.4 Å². The Morgan fingerprint density at radius 1 is 1.82 bits per heavy atom. The topological polar surface area (TPSA) is 50.4 Å². The zero-order valence-corrected chi connectivity index (χ0v) is 6.62. The number of rotatable bonds is 2. The highest BCUT2D eigenvalue weighted by Crippen LogP contribution is 2.10. The fraction of sp³-hybridized carbons (Fsp3) is 0.375. The molecule has 11 heavy (non-hydrogen) atoms. The lowest BCUT2D eigenvalue weighted by Gasteiger charge is -2.04. The van der Waals surface area contributed by atoms with Crippen LogP contribution < -0.4 is 11.1 Å². The van der Waals surface area contributed by atoms with Crippen molar-refractivity contribution in [2.45, 2.75) is 19.4 Å². The van der Waals surface area contributed by atoms with Crippen LogP contribution in [-0.4, -0.2) is 12.4 Å². The van der Waals surface area contributed by atoms with Crippen LogP contribution >= 0.6 is 0 Å². The summed E-state index contributed by atoms with van der Waals surface area (Å²) in [5.74, 6) is 0. The number of hydrogen-bond acceptors (Lipinski definition) is 3. The van der Waals surface area contributed by atoms with Crippen LogP contribution in [-0.2, 0) is 0 Å². The summed E-state index contributed by atoms with van der Waals surface area (Å²) in [6.45, 7) is 2.11. The van der Waals surface area contributed by atoms with Crippen molar-refractivity contribution in [1.82, 2.24) is 5.32 Å². The largest absolute Gasteiger partial charge is 0.405 e. The Labute approximate surface area is 66.7 Å². The fourth-order valence-electron chi connectivity index (χ4n) is 1.02. The van der Waals surface area contributed by atoms with E-state index in [-0.39, 0.29) is 0 Å². The van der Waals surface area contributed by atoms with E-state index in [0.717, 1.165) is 12.1 Å². The molecule has 3 nitrogen and oxygen atoms in total. The molecule has 0 aromatic carbocycles. The van der Waals surface area contributed by atoms with Crippen molar-refractivity contribution >= 4 is 6.34 Å². The highest BCUT2D eigenvalue weighted by Gasteiger charge is 2.12. The fourth-order valence-corrected chi connectivity index (χ4v) is 1.02. The molecule has 0 aromatic heterocycles. The molecule has 1 aliphatic heterocycles. The van der Waals surface area contributed by atoms with Gasteiger partial charge in [0, 0.05) is 5.70 Å². The Balaban J connectivity index is 2.60. The first-order valence-electron chi connectivity index (χ1n) is 3.75. The molecule has 0 aromatic rings. The normalized spacial score (nSPS) is 26.6. The molecule has 0 saturated carbocycles. The lowest BCUT2D eigenvalue weighted by molar-refractivity contribution is 0.750. The van der Waals surface area contributed by atoms with Gasteiger partial charge in [0.2, 0.25) is 0 Å². The smallest absolute Gasteiger partial charge is 0.0912 e. The predicted octanol–water partition coefficient (Wildman–Crippen LogP) is 0.753. The minimum atomic E-state index is 0.297. The number of hydrogen-bond donors (Lipinski definition) is 2. The van der Waals surface area contributed by atoms with Crippen LogP contribution in [0, 0.1) is 0 Å². The standard InChI is InChI=1S/C8H13N3/c1-2-7-8(4-3-5-9)11-6-10-7/h3-7H,2,9H2,1H3,(H,10,11)/b5-3-,8-4+. The second-order valence-electron chi connectivity index (χ2n) is 2.35. The predicted molar refractivity (Wildman–Crippen MR) is 47.1 cm³/mol. The Bertz CT molecular complexity index is 203. The van der Waals surface area contributed by atoms with Crippen LogP contribution in [0.3, 0.4) is 0 Å². The second-order valence-corrected chi connectivity index (χ2v) is 2.35. The van der Waals surface area contributed by atoms with E-state index in [4.69, 9.17) is 5.73 Å². The van der Waals surface area contributed by atoms with Gasteiger partial charge in [0.25, 0.3) is 0 Å². The van der Waals surface area contributed by atoms with Crippen molar-refractivity contribution in [3.05, 3.63) is 24.0 Å². The van der Waals surface area contributed by atoms with Gasteiger partial charge in [-0.25, -0.2) is 0 Å². The molecule has 0 aliphatic carbocycles. The summed E-state index contributed by atoms with van der Waals surface area (Å²) in [6.07, 6.45) is 8.01. The summed E-state index contributed by atoms with van der Waals surface area (Å²) in [5.41, 5.74) is 6.32. The Morgan fingerprint density at radius 2 is 2.64 bits per heavy atom. The van der Waals surface area contributed by atoms with Crippen molar-refractivity contribution < 1.29 is 0 Å². The van der Waals surface area contributed by atoms with Gasteiger partial charge in [-0.05, 0) is 24.8 Å². The third-order valence-corrected chi connectivity index (χ3v) is 1.62. The van der Waals surface area contributed by atoms with Crippen LogP contribution in [0.25, 0.3) is 0 Å². The number of nitrogens with two attached hydrogens (primary N) is 1. The molecule has 0 bridgehead atoms. The van der Waals surface area contributed by atoms with E-state index in [0.29, 0.717) is 6.04 Å². The summed E-state index contributed by atoms with van der Waals surface area (Å²) >= 11 is 0. The van der Waals surface area contributed by atoms with E-state index >= 15 is 0 Å². The van der Waals surface area contributed by atoms with Gasteiger partial charge in [-0.2, -0.15) is 0 Å². The second kappa shape index (κ2) is 3.81. The molecule has 3 N–H and O–H groups in total. The van der Waals surface area contributed by atoms with E-state index < -0.39 is 0 Å². The molecule has 0 saturated heterocycles. The summed E-state index contributed by atoms with van der Waals surface area (Å²) in [6, 6.07) is 0.297. The first-order valence-corrected chi connectivity index (χ1v) is 3.75. The van der Waals surface area contributed by atoms with Crippen molar-refractivity contribution in [3.8, 4) is 0 Å². The third kappa shape index (κ3) is 1.83. The van der Waals surface area contributed by atoms with Crippen LogP contribution in [0.5, 0.6) is 0 Å². The molecule has 0 fully saturated rings. The lowest BCUT2D eigenvalue weighted by Crippen LogP contribution is -2.11. The van der Waals surface area contributed by atoms with Gasteiger partial charge in [-0.3, -0.25) is 4.99 Å². The molecular formula is C8H13N3. The quantitative estimate of drug-likeness (QED) is 0.612. The van der Waals surface area contributed by atoms with Crippen LogP contribution in [0.4, 0.5) is 0 Å². The maximum atomic E-state index is 5.20. The molecular weight excluding hydrogens is 138 g/mol. The maximum Gasteiger partial charge on any atom is 0.0912 e.